The molecule has 2 aliphatic rings. The smallest absolute Gasteiger partial charge is 0.255 e. The summed E-state index contributed by atoms with van der Waals surface area (Å²) in [4.78, 5) is 15.6. The highest BCUT2D eigenvalue weighted by Crippen LogP contribution is 2.30. The van der Waals surface area contributed by atoms with Crippen LogP contribution in [0.5, 0.6) is 0 Å². The molecule has 38 heavy (non-hydrogen) atoms. The fraction of sp³-hybridized carbons (Fsp3) is 0.387. The zero-order chi connectivity index (χ0) is 26.5. The number of benzene rings is 3. The molecule has 2 aliphatic heterocycles. The summed E-state index contributed by atoms with van der Waals surface area (Å²) in [5.41, 5.74) is 3.11. The van der Waals surface area contributed by atoms with Crippen LogP contribution in [0.2, 0.25) is 0 Å². The van der Waals surface area contributed by atoms with E-state index in [1.54, 1.807) is 40.7 Å². The molecular formula is C31H37N3O3S. The van der Waals surface area contributed by atoms with Crippen molar-refractivity contribution in [1.29, 1.82) is 0 Å². The maximum atomic E-state index is 13.6. The highest BCUT2D eigenvalue weighted by atomic mass is 32.2. The van der Waals surface area contributed by atoms with Gasteiger partial charge in [-0.1, -0.05) is 55.5 Å². The summed E-state index contributed by atoms with van der Waals surface area (Å²) in [6.45, 7) is 6.02. The molecule has 0 bridgehead atoms. The fourth-order valence-electron chi connectivity index (χ4n) is 5.55. The number of sulfonamides is 1. The van der Waals surface area contributed by atoms with E-state index in [2.05, 4.69) is 17.1 Å². The Labute approximate surface area is 226 Å². The highest BCUT2D eigenvalue weighted by Gasteiger charge is 2.35. The van der Waals surface area contributed by atoms with Crippen LogP contribution >= 0.6 is 0 Å². The predicted molar refractivity (Wildman–Crippen MR) is 153 cm³/mol. The molecule has 3 aromatic carbocycles. The van der Waals surface area contributed by atoms with Crippen LogP contribution < -0.4 is 5.32 Å². The average molecular weight is 532 g/mol. The van der Waals surface area contributed by atoms with Gasteiger partial charge in [-0.05, 0) is 99.1 Å². The molecule has 1 N–H and O–H groups in total. The zero-order valence-electron chi connectivity index (χ0n) is 22.1. The summed E-state index contributed by atoms with van der Waals surface area (Å²) in [6.07, 6.45) is 5.10. The number of amides is 1. The summed E-state index contributed by atoms with van der Waals surface area (Å²) < 4.78 is 28.9. The van der Waals surface area contributed by atoms with Crippen LogP contribution in [0.1, 0.15) is 49.4 Å². The van der Waals surface area contributed by atoms with Gasteiger partial charge in [0.25, 0.3) is 5.91 Å². The van der Waals surface area contributed by atoms with Crippen molar-refractivity contribution in [3.05, 3.63) is 84.4 Å². The van der Waals surface area contributed by atoms with Gasteiger partial charge in [0.05, 0.1) is 4.90 Å². The average Bonchev–Trinajstić information content (AvgIpc) is 3.43. The van der Waals surface area contributed by atoms with Gasteiger partial charge in [-0.3, -0.25) is 4.79 Å². The number of anilines is 1. The molecule has 2 heterocycles. The number of carbonyl (C=O) groups excluding carboxylic acids is 1. The molecule has 6 nitrogen and oxygen atoms in total. The van der Waals surface area contributed by atoms with Crippen LogP contribution in [0.3, 0.4) is 0 Å². The number of nitrogens with one attached hydrogen (secondary N) is 1. The van der Waals surface area contributed by atoms with E-state index in [1.165, 1.54) is 12.8 Å². The zero-order valence-corrected chi connectivity index (χ0v) is 22.9. The third kappa shape index (κ3) is 6.17. The summed E-state index contributed by atoms with van der Waals surface area (Å²) in [5.74, 6) is 0.519. The van der Waals surface area contributed by atoms with E-state index < -0.39 is 10.0 Å². The number of nitrogens with zero attached hydrogens (tertiary/aromatic N) is 2. The van der Waals surface area contributed by atoms with E-state index in [0.717, 1.165) is 55.9 Å². The second-order valence-corrected chi connectivity index (χ2v) is 12.5. The van der Waals surface area contributed by atoms with E-state index in [1.807, 2.05) is 42.5 Å². The molecule has 0 aliphatic carbocycles. The lowest BCUT2D eigenvalue weighted by atomic mass is 9.99. The molecule has 3 aromatic rings. The first-order chi connectivity index (χ1) is 18.4. The van der Waals surface area contributed by atoms with Crippen molar-refractivity contribution in [3.63, 3.8) is 0 Å². The molecule has 2 saturated heterocycles. The lowest BCUT2D eigenvalue weighted by Gasteiger charge is -2.32. The first-order valence-electron chi connectivity index (χ1n) is 13.7. The molecule has 0 saturated carbocycles. The van der Waals surface area contributed by atoms with Crippen LogP contribution in [0, 0.1) is 5.92 Å². The molecule has 200 valence electrons. The summed E-state index contributed by atoms with van der Waals surface area (Å²) in [5, 5.41) is 2.87. The molecule has 1 amide bonds. The van der Waals surface area contributed by atoms with Crippen molar-refractivity contribution in [2.75, 3.05) is 31.5 Å². The van der Waals surface area contributed by atoms with Gasteiger partial charge in [0, 0.05) is 23.8 Å². The Bertz CT molecular complexity index is 1330. The molecule has 0 spiro atoms. The van der Waals surface area contributed by atoms with Crippen LogP contribution in [0.4, 0.5) is 5.69 Å². The van der Waals surface area contributed by atoms with Gasteiger partial charge < -0.3 is 10.2 Å². The van der Waals surface area contributed by atoms with Gasteiger partial charge in [0.1, 0.15) is 0 Å². The van der Waals surface area contributed by atoms with E-state index >= 15 is 0 Å². The van der Waals surface area contributed by atoms with Gasteiger partial charge in [-0.15, -0.1) is 0 Å². The third-order valence-corrected chi connectivity index (χ3v) is 9.88. The molecular weight excluding hydrogens is 494 g/mol. The van der Waals surface area contributed by atoms with E-state index in [9.17, 15) is 13.2 Å². The Balaban J connectivity index is 1.24. The summed E-state index contributed by atoms with van der Waals surface area (Å²) in [7, 11) is -3.65. The lowest BCUT2D eigenvalue weighted by molar-refractivity contribution is 0.102. The second kappa shape index (κ2) is 11.8. The monoisotopic (exact) mass is 531 g/mol. The summed E-state index contributed by atoms with van der Waals surface area (Å²) in [6, 6.07) is 24.1. The maximum Gasteiger partial charge on any atom is 0.255 e. The van der Waals surface area contributed by atoms with Gasteiger partial charge >= 0.3 is 0 Å². The second-order valence-electron chi connectivity index (χ2n) is 10.6. The Kier molecular flexibility index (Phi) is 8.27. The van der Waals surface area contributed by atoms with Crippen LogP contribution in [-0.4, -0.2) is 55.8 Å². The molecule has 2 fully saturated rings. The van der Waals surface area contributed by atoms with Gasteiger partial charge in [-0.25, -0.2) is 8.42 Å². The van der Waals surface area contributed by atoms with Gasteiger partial charge in [0.15, 0.2) is 0 Å². The van der Waals surface area contributed by atoms with Crippen molar-refractivity contribution < 1.29 is 13.2 Å². The van der Waals surface area contributed by atoms with Crippen molar-refractivity contribution in [2.45, 2.75) is 50.0 Å². The quantitative estimate of drug-likeness (QED) is 0.394. The first kappa shape index (κ1) is 26.6. The van der Waals surface area contributed by atoms with Gasteiger partial charge in [0.2, 0.25) is 10.0 Å². The third-order valence-electron chi connectivity index (χ3n) is 7.93. The number of likely N-dealkylation sites (tertiary alicyclic amines) is 1. The number of rotatable bonds is 8. The normalized spacial score (nSPS) is 19.4. The van der Waals surface area contributed by atoms with E-state index in [-0.39, 0.29) is 16.8 Å². The number of piperidine rings is 1. The Morgan fingerprint density at radius 3 is 2.32 bits per heavy atom. The highest BCUT2D eigenvalue weighted by molar-refractivity contribution is 7.89. The minimum Gasteiger partial charge on any atom is -0.322 e. The van der Waals surface area contributed by atoms with Crippen LogP contribution in [-0.2, 0) is 10.0 Å². The predicted octanol–water partition coefficient (Wildman–Crippen LogP) is 5.88. The van der Waals surface area contributed by atoms with E-state index in [0.29, 0.717) is 17.8 Å². The van der Waals surface area contributed by atoms with Crippen molar-refractivity contribution in [2.24, 2.45) is 5.92 Å². The molecule has 0 unspecified atom stereocenters. The maximum absolute atomic E-state index is 13.6. The van der Waals surface area contributed by atoms with Crippen LogP contribution in [0.25, 0.3) is 11.1 Å². The van der Waals surface area contributed by atoms with Crippen molar-refractivity contribution in [1.82, 2.24) is 9.21 Å². The SMILES string of the molecule is CC1CCN(CC[C@H]2CCCN2S(=O)(=O)c2cccc(NC(=O)c3ccc(-c4ccccc4)cc3)c2)CC1. The standard InChI is InChI=1S/C31H37N3O3S/c1-24-16-20-33(21-17-24)22-18-29-10-6-19-34(29)38(36,37)30-11-5-9-28(23-30)32-31(35)27-14-12-26(13-15-27)25-7-3-2-4-8-25/h2-5,7-9,11-15,23-24,29H,6,10,16-22H2,1H3,(H,32,35)/t29-/m1/s1. The van der Waals surface area contributed by atoms with Gasteiger partial charge in [-0.2, -0.15) is 4.31 Å². The molecule has 0 radical (unpaired) electrons. The number of hydrogen-bond donors (Lipinski definition) is 1. The van der Waals surface area contributed by atoms with Crippen LogP contribution in [0.15, 0.2) is 83.8 Å². The number of carbonyl (C=O) groups is 1. The lowest BCUT2D eigenvalue weighted by Crippen LogP contribution is -2.40. The molecule has 1 atom stereocenters. The Morgan fingerprint density at radius 2 is 1.58 bits per heavy atom. The van der Waals surface area contributed by atoms with Crippen molar-refractivity contribution >= 4 is 21.6 Å². The first-order valence-corrected chi connectivity index (χ1v) is 15.2. The minimum absolute atomic E-state index is 0.0285. The molecule has 5 rings (SSSR count). The number of hydrogen-bond acceptors (Lipinski definition) is 4. The van der Waals surface area contributed by atoms with E-state index in [4.69, 9.17) is 0 Å². The topological polar surface area (TPSA) is 69.7 Å². The minimum atomic E-state index is -3.65. The Morgan fingerprint density at radius 1 is 0.868 bits per heavy atom. The van der Waals surface area contributed by atoms with Crippen molar-refractivity contribution in [3.8, 4) is 11.1 Å². The molecule has 7 heteroatoms. The molecule has 0 aromatic heterocycles. The Hall–Kier alpha value is -3.00. The largest absolute Gasteiger partial charge is 0.322 e. The fourth-order valence-corrected chi connectivity index (χ4v) is 7.32. The summed E-state index contributed by atoms with van der Waals surface area (Å²) >= 11 is 0.